The summed E-state index contributed by atoms with van der Waals surface area (Å²) in [6, 6.07) is 15.3. The Morgan fingerprint density at radius 1 is 0.500 bits per heavy atom. The van der Waals surface area contributed by atoms with Crippen LogP contribution in [0.5, 0.6) is 23.0 Å². The maximum absolute atomic E-state index is 5.99. The molecule has 0 aliphatic heterocycles. The maximum Gasteiger partial charge on any atom is 0.128 e. The zero-order valence-corrected chi connectivity index (χ0v) is 15.6. The number of nitrogen functional groups attached to an aromatic ring is 2. The highest BCUT2D eigenvalue weighted by Gasteiger charge is 2.06. The fourth-order valence-electron chi connectivity index (χ4n) is 2.84. The van der Waals surface area contributed by atoms with Crippen LogP contribution in [-0.4, -0.2) is 0 Å². The minimum atomic E-state index is 0.741. The van der Waals surface area contributed by atoms with E-state index < -0.39 is 0 Å². The third-order valence-electron chi connectivity index (χ3n) is 4.43. The summed E-state index contributed by atoms with van der Waals surface area (Å²) in [4.78, 5) is 0. The van der Waals surface area contributed by atoms with Crippen molar-refractivity contribution >= 4 is 11.4 Å². The number of hydrogen-bond donors (Lipinski definition) is 2. The third kappa shape index (κ3) is 3.75. The molecule has 3 aromatic rings. The lowest BCUT2D eigenvalue weighted by Gasteiger charge is -2.12. The van der Waals surface area contributed by atoms with Gasteiger partial charge in [-0.3, -0.25) is 0 Å². The highest BCUT2D eigenvalue weighted by atomic mass is 16.5. The van der Waals surface area contributed by atoms with Crippen molar-refractivity contribution in [1.82, 2.24) is 0 Å². The predicted octanol–water partition coefficient (Wildman–Crippen LogP) is 5.67. The van der Waals surface area contributed by atoms with Crippen molar-refractivity contribution in [2.45, 2.75) is 27.7 Å². The molecule has 0 amide bonds. The summed E-state index contributed by atoms with van der Waals surface area (Å²) >= 11 is 0. The van der Waals surface area contributed by atoms with Crippen LogP contribution in [0.1, 0.15) is 22.3 Å². The van der Waals surface area contributed by atoms with Crippen molar-refractivity contribution in [3.63, 3.8) is 0 Å². The van der Waals surface area contributed by atoms with E-state index in [2.05, 4.69) is 0 Å². The molecule has 0 fully saturated rings. The molecule has 0 saturated carbocycles. The molecule has 0 atom stereocenters. The van der Waals surface area contributed by atoms with Crippen LogP contribution in [0, 0.1) is 27.7 Å². The molecule has 0 unspecified atom stereocenters. The summed E-state index contributed by atoms with van der Waals surface area (Å²) in [5.41, 5.74) is 17.6. The van der Waals surface area contributed by atoms with Crippen LogP contribution in [0.2, 0.25) is 0 Å². The van der Waals surface area contributed by atoms with E-state index in [0.717, 1.165) is 56.6 Å². The van der Waals surface area contributed by atoms with E-state index in [4.69, 9.17) is 20.9 Å². The van der Waals surface area contributed by atoms with Gasteiger partial charge in [-0.2, -0.15) is 0 Å². The van der Waals surface area contributed by atoms with Crippen molar-refractivity contribution in [3.8, 4) is 23.0 Å². The predicted molar refractivity (Wildman–Crippen MR) is 107 cm³/mol. The molecule has 4 N–H and O–H groups in total. The number of rotatable bonds is 4. The first-order valence-electron chi connectivity index (χ1n) is 8.52. The standard InChI is InChI=1S/C22H24N2O2/c1-13-9-19(10-14(2)21(13)23)25-17-5-7-18(8-6-17)26-20-11-15(3)22(24)16(4)12-20/h5-12H,23-24H2,1-4H3. The quantitative estimate of drug-likeness (QED) is 0.596. The van der Waals surface area contributed by atoms with E-state index in [1.165, 1.54) is 0 Å². The molecule has 26 heavy (non-hydrogen) atoms. The molecule has 3 aromatic carbocycles. The largest absolute Gasteiger partial charge is 0.457 e. The Kier molecular flexibility index (Phi) is 4.76. The summed E-state index contributed by atoms with van der Waals surface area (Å²) in [5.74, 6) is 3.02. The van der Waals surface area contributed by atoms with Crippen LogP contribution in [0.3, 0.4) is 0 Å². The van der Waals surface area contributed by atoms with Gasteiger partial charge in [0, 0.05) is 11.4 Å². The van der Waals surface area contributed by atoms with Crippen LogP contribution in [0.4, 0.5) is 11.4 Å². The van der Waals surface area contributed by atoms with Crippen molar-refractivity contribution in [2.24, 2.45) is 0 Å². The maximum atomic E-state index is 5.99. The van der Waals surface area contributed by atoms with E-state index >= 15 is 0 Å². The second kappa shape index (κ2) is 7.00. The molecular weight excluding hydrogens is 324 g/mol. The molecule has 0 aliphatic carbocycles. The Balaban J connectivity index is 1.75. The summed E-state index contributed by atoms with van der Waals surface area (Å²) < 4.78 is 11.9. The van der Waals surface area contributed by atoms with Gasteiger partial charge in [0.25, 0.3) is 0 Å². The molecule has 0 heterocycles. The van der Waals surface area contributed by atoms with Gasteiger partial charge in [-0.15, -0.1) is 0 Å². The van der Waals surface area contributed by atoms with Crippen molar-refractivity contribution < 1.29 is 9.47 Å². The first-order valence-corrected chi connectivity index (χ1v) is 8.52. The summed E-state index contributed by atoms with van der Waals surface area (Å²) in [5, 5.41) is 0. The highest BCUT2D eigenvalue weighted by molar-refractivity contribution is 5.57. The second-order valence-electron chi connectivity index (χ2n) is 6.62. The average molecular weight is 348 g/mol. The van der Waals surface area contributed by atoms with E-state index in [1.807, 2.05) is 76.2 Å². The van der Waals surface area contributed by atoms with Gasteiger partial charge in [0.05, 0.1) is 0 Å². The minimum Gasteiger partial charge on any atom is -0.457 e. The topological polar surface area (TPSA) is 70.5 Å². The Bertz CT molecular complexity index is 822. The van der Waals surface area contributed by atoms with Crippen LogP contribution in [-0.2, 0) is 0 Å². The summed E-state index contributed by atoms with van der Waals surface area (Å²) in [6.45, 7) is 7.90. The van der Waals surface area contributed by atoms with E-state index in [1.54, 1.807) is 0 Å². The monoisotopic (exact) mass is 348 g/mol. The molecule has 0 saturated heterocycles. The van der Waals surface area contributed by atoms with E-state index in [-0.39, 0.29) is 0 Å². The first-order chi connectivity index (χ1) is 12.3. The van der Waals surface area contributed by atoms with Crippen LogP contribution >= 0.6 is 0 Å². The van der Waals surface area contributed by atoms with Gasteiger partial charge < -0.3 is 20.9 Å². The van der Waals surface area contributed by atoms with Gasteiger partial charge >= 0.3 is 0 Å². The molecular formula is C22H24N2O2. The SMILES string of the molecule is Cc1cc(Oc2ccc(Oc3cc(C)c(N)c(C)c3)cc2)cc(C)c1N. The summed E-state index contributed by atoms with van der Waals surface area (Å²) in [7, 11) is 0. The van der Waals surface area contributed by atoms with Gasteiger partial charge in [-0.05, 0) is 98.5 Å². The molecule has 4 heteroatoms. The zero-order valence-electron chi connectivity index (χ0n) is 15.6. The number of ether oxygens (including phenoxy) is 2. The first kappa shape index (κ1) is 17.7. The molecule has 3 rings (SSSR count). The fourth-order valence-corrected chi connectivity index (χ4v) is 2.84. The van der Waals surface area contributed by atoms with Crippen LogP contribution < -0.4 is 20.9 Å². The third-order valence-corrected chi connectivity index (χ3v) is 4.43. The Hall–Kier alpha value is -3.14. The van der Waals surface area contributed by atoms with Crippen LogP contribution in [0.15, 0.2) is 48.5 Å². The number of hydrogen-bond acceptors (Lipinski definition) is 4. The molecule has 0 aromatic heterocycles. The number of benzene rings is 3. The van der Waals surface area contributed by atoms with Gasteiger partial charge in [0.1, 0.15) is 23.0 Å². The molecule has 0 bridgehead atoms. The van der Waals surface area contributed by atoms with Gasteiger partial charge in [0.2, 0.25) is 0 Å². The summed E-state index contributed by atoms with van der Waals surface area (Å²) in [6.07, 6.45) is 0. The number of aryl methyl sites for hydroxylation is 4. The van der Waals surface area contributed by atoms with Crippen molar-refractivity contribution in [1.29, 1.82) is 0 Å². The Morgan fingerprint density at radius 2 is 0.769 bits per heavy atom. The lowest BCUT2D eigenvalue weighted by atomic mass is 10.1. The number of nitrogens with two attached hydrogens (primary N) is 2. The molecule has 0 radical (unpaired) electrons. The Morgan fingerprint density at radius 3 is 1.04 bits per heavy atom. The second-order valence-corrected chi connectivity index (χ2v) is 6.62. The van der Waals surface area contributed by atoms with Crippen molar-refractivity contribution in [3.05, 3.63) is 70.8 Å². The smallest absolute Gasteiger partial charge is 0.128 e. The fraction of sp³-hybridized carbons (Fsp3) is 0.182. The zero-order chi connectivity index (χ0) is 18.8. The highest BCUT2D eigenvalue weighted by Crippen LogP contribution is 2.31. The lowest BCUT2D eigenvalue weighted by molar-refractivity contribution is 0.468. The van der Waals surface area contributed by atoms with E-state index in [0.29, 0.717) is 0 Å². The Labute approximate surface area is 154 Å². The molecule has 134 valence electrons. The van der Waals surface area contributed by atoms with Gasteiger partial charge in [0.15, 0.2) is 0 Å². The van der Waals surface area contributed by atoms with Crippen molar-refractivity contribution in [2.75, 3.05) is 11.5 Å². The van der Waals surface area contributed by atoms with Gasteiger partial charge in [-0.25, -0.2) is 0 Å². The molecule has 0 spiro atoms. The van der Waals surface area contributed by atoms with Gasteiger partial charge in [-0.1, -0.05) is 0 Å². The molecule has 4 nitrogen and oxygen atoms in total. The van der Waals surface area contributed by atoms with Crippen LogP contribution in [0.25, 0.3) is 0 Å². The molecule has 0 aliphatic rings. The number of anilines is 2. The lowest BCUT2D eigenvalue weighted by Crippen LogP contribution is -1.95. The minimum absolute atomic E-state index is 0.741. The average Bonchev–Trinajstić information content (AvgIpc) is 2.59. The van der Waals surface area contributed by atoms with E-state index in [9.17, 15) is 0 Å². The normalized spacial score (nSPS) is 10.6.